The van der Waals surface area contributed by atoms with Crippen molar-refractivity contribution in [1.82, 2.24) is 0 Å². The van der Waals surface area contributed by atoms with Crippen LogP contribution in [0.25, 0.3) is 0 Å². The Bertz CT molecular complexity index is 663. The Morgan fingerprint density at radius 2 is 2.04 bits per heavy atom. The predicted octanol–water partition coefficient (Wildman–Crippen LogP) is 1.65. The summed E-state index contributed by atoms with van der Waals surface area (Å²) in [5.41, 5.74) is 0.194. The highest BCUT2D eigenvalue weighted by Gasteiger charge is 2.49. The van der Waals surface area contributed by atoms with E-state index in [0.717, 1.165) is 5.57 Å². The van der Waals surface area contributed by atoms with Crippen LogP contribution >= 0.6 is 0 Å². The number of fused-ring (bicyclic) bond motifs is 4. The zero-order valence-electron chi connectivity index (χ0n) is 14.6. The number of rotatable bonds is 1. The van der Waals surface area contributed by atoms with Gasteiger partial charge in [-0.15, -0.1) is 0 Å². The number of esters is 1. The molecular formula is C19H24O6. The maximum atomic E-state index is 12.4. The SMILES string of the molecule is C=C(C)[C@H]1C/C=C2\C(=O)O[C@H](C[C@]3(C)CC(=O)[C@H](CC(=O)C1)O3)[C@@H]2O. The van der Waals surface area contributed by atoms with Gasteiger partial charge in [0.25, 0.3) is 0 Å². The number of Topliss-reactive ketones (excluding diaryl/α,β-unsaturated/α-hetero) is 2. The zero-order chi connectivity index (χ0) is 18.4. The van der Waals surface area contributed by atoms with Crippen molar-refractivity contribution in [1.29, 1.82) is 0 Å². The van der Waals surface area contributed by atoms with Gasteiger partial charge in [0.2, 0.25) is 0 Å². The largest absolute Gasteiger partial charge is 0.456 e. The molecule has 4 bridgehead atoms. The maximum Gasteiger partial charge on any atom is 0.336 e. The minimum absolute atomic E-state index is 0.0541. The first-order valence-corrected chi connectivity index (χ1v) is 8.65. The average Bonchev–Trinajstić information content (AvgIpc) is 2.91. The summed E-state index contributed by atoms with van der Waals surface area (Å²) in [5.74, 6) is -0.871. The minimum atomic E-state index is -1.05. The fourth-order valence-electron chi connectivity index (χ4n) is 3.88. The van der Waals surface area contributed by atoms with E-state index >= 15 is 0 Å². The van der Waals surface area contributed by atoms with Crippen LogP contribution < -0.4 is 0 Å². The highest BCUT2D eigenvalue weighted by Crippen LogP contribution is 2.38. The van der Waals surface area contributed by atoms with E-state index in [4.69, 9.17) is 9.47 Å². The lowest BCUT2D eigenvalue weighted by Gasteiger charge is -2.27. The number of aliphatic hydroxyl groups is 1. The van der Waals surface area contributed by atoms with E-state index in [1.54, 1.807) is 13.0 Å². The minimum Gasteiger partial charge on any atom is -0.456 e. The van der Waals surface area contributed by atoms with Crippen LogP contribution in [0.3, 0.4) is 0 Å². The van der Waals surface area contributed by atoms with E-state index in [-0.39, 0.29) is 48.7 Å². The summed E-state index contributed by atoms with van der Waals surface area (Å²) in [4.78, 5) is 36.8. The highest BCUT2D eigenvalue weighted by molar-refractivity contribution is 5.93. The van der Waals surface area contributed by atoms with Gasteiger partial charge in [0.05, 0.1) is 11.2 Å². The second-order valence-corrected chi connectivity index (χ2v) is 7.68. The molecule has 1 N–H and O–H groups in total. The third-order valence-corrected chi connectivity index (χ3v) is 5.34. The summed E-state index contributed by atoms with van der Waals surface area (Å²) in [6, 6.07) is 0. The highest BCUT2D eigenvalue weighted by atomic mass is 16.6. The Morgan fingerprint density at radius 3 is 2.72 bits per heavy atom. The summed E-state index contributed by atoms with van der Waals surface area (Å²) in [7, 11) is 0. The van der Waals surface area contributed by atoms with Gasteiger partial charge in [-0.2, -0.15) is 0 Å². The van der Waals surface area contributed by atoms with Crippen molar-refractivity contribution in [2.75, 3.05) is 0 Å². The lowest BCUT2D eigenvalue weighted by Crippen LogP contribution is -2.35. The fourth-order valence-corrected chi connectivity index (χ4v) is 3.88. The van der Waals surface area contributed by atoms with Gasteiger partial charge in [0.1, 0.15) is 24.1 Å². The molecule has 0 aromatic heterocycles. The summed E-state index contributed by atoms with van der Waals surface area (Å²) < 4.78 is 11.2. The summed E-state index contributed by atoms with van der Waals surface area (Å²) in [6.45, 7) is 7.50. The van der Waals surface area contributed by atoms with E-state index in [1.807, 2.05) is 6.92 Å². The Morgan fingerprint density at radius 1 is 1.32 bits per heavy atom. The Kier molecular flexibility index (Phi) is 4.68. The molecule has 0 unspecified atom stereocenters. The van der Waals surface area contributed by atoms with Crippen molar-refractivity contribution in [3.63, 3.8) is 0 Å². The second kappa shape index (κ2) is 6.50. The molecule has 0 spiro atoms. The van der Waals surface area contributed by atoms with E-state index in [2.05, 4.69) is 6.58 Å². The molecule has 3 heterocycles. The van der Waals surface area contributed by atoms with Gasteiger partial charge >= 0.3 is 5.97 Å². The Hall–Kier alpha value is -1.79. The number of hydrogen-bond donors (Lipinski definition) is 1. The third kappa shape index (κ3) is 3.60. The summed E-state index contributed by atoms with van der Waals surface area (Å²) in [6.07, 6.45) is 0.187. The van der Waals surface area contributed by atoms with Crippen LogP contribution in [0, 0.1) is 5.92 Å². The van der Waals surface area contributed by atoms with Crippen molar-refractivity contribution >= 4 is 17.5 Å². The first-order valence-electron chi connectivity index (χ1n) is 8.65. The molecule has 0 radical (unpaired) electrons. The number of carbonyl (C=O) groups is 3. The number of aliphatic hydroxyl groups excluding tert-OH is 1. The van der Waals surface area contributed by atoms with E-state index in [0.29, 0.717) is 6.42 Å². The van der Waals surface area contributed by atoms with Crippen LogP contribution in [-0.2, 0) is 23.9 Å². The molecular weight excluding hydrogens is 324 g/mol. The van der Waals surface area contributed by atoms with Crippen molar-refractivity contribution < 1.29 is 29.0 Å². The van der Waals surface area contributed by atoms with Gasteiger partial charge < -0.3 is 14.6 Å². The molecule has 0 aromatic rings. The molecule has 5 atom stereocenters. The van der Waals surface area contributed by atoms with Crippen LogP contribution in [0.2, 0.25) is 0 Å². The molecule has 0 aromatic carbocycles. The molecule has 0 saturated carbocycles. The van der Waals surface area contributed by atoms with Gasteiger partial charge in [-0.1, -0.05) is 18.2 Å². The molecule has 3 rings (SSSR count). The summed E-state index contributed by atoms with van der Waals surface area (Å²) >= 11 is 0. The molecule has 25 heavy (non-hydrogen) atoms. The number of carbonyl (C=O) groups excluding carboxylic acids is 3. The van der Waals surface area contributed by atoms with Crippen LogP contribution in [0.1, 0.15) is 46.0 Å². The second-order valence-electron chi connectivity index (χ2n) is 7.68. The van der Waals surface area contributed by atoms with Gasteiger partial charge in [0.15, 0.2) is 5.78 Å². The topological polar surface area (TPSA) is 89.9 Å². The maximum absolute atomic E-state index is 12.4. The van der Waals surface area contributed by atoms with Crippen LogP contribution in [0.4, 0.5) is 0 Å². The van der Waals surface area contributed by atoms with Gasteiger partial charge in [-0.05, 0) is 26.2 Å². The molecule has 136 valence electrons. The van der Waals surface area contributed by atoms with Crippen LogP contribution in [0.15, 0.2) is 23.8 Å². The first-order chi connectivity index (χ1) is 11.7. The predicted molar refractivity (Wildman–Crippen MR) is 88.7 cm³/mol. The summed E-state index contributed by atoms with van der Waals surface area (Å²) in [5, 5.41) is 10.5. The molecule has 0 amide bonds. The number of ether oxygens (including phenoxy) is 2. The standard InChI is InChI=1S/C19H24O6/c1-10(2)11-4-5-13-17(22)16(24-18(13)23)9-19(3)8-14(21)15(25-19)7-12(20)6-11/h5,11,15-17,22H,1,4,6-9H2,2-3H3/b13-5-/t11-,15-,16+,17+,19-/m0/s1. The quantitative estimate of drug-likeness (QED) is 0.572. The fraction of sp³-hybridized carbons (Fsp3) is 0.632. The van der Waals surface area contributed by atoms with E-state index in [9.17, 15) is 19.5 Å². The molecule has 0 aliphatic carbocycles. The Labute approximate surface area is 146 Å². The first kappa shape index (κ1) is 18.0. The van der Waals surface area contributed by atoms with E-state index in [1.165, 1.54) is 0 Å². The molecule has 3 aliphatic heterocycles. The third-order valence-electron chi connectivity index (χ3n) is 5.34. The zero-order valence-corrected chi connectivity index (χ0v) is 14.6. The average molecular weight is 348 g/mol. The molecule has 2 saturated heterocycles. The molecule has 2 fully saturated rings. The number of allylic oxidation sites excluding steroid dienone is 2. The lowest BCUT2D eigenvalue weighted by molar-refractivity contribution is -0.144. The van der Waals surface area contributed by atoms with Crippen LogP contribution in [0.5, 0.6) is 0 Å². The van der Waals surface area contributed by atoms with Crippen molar-refractivity contribution in [3.8, 4) is 0 Å². The van der Waals surface area contributed by atoms with E-state index < -0.39 is 29.9 Å². The Balaban J connectivity index is 1.94. The monoisotopic (exact) mass is 348 g/mol. The van der Waals surface area contributed by atoms with Gasteiger partial charge in [-0.25, -0.2) is 4.79 Å². The van der Waals surface area contributed by atoms with Crippen LogP contribution in [-0.4, -0.2) is 46.6 Å². The van der Waals surface area contributed by atoms with Gasteiger partial charge in [-0.3, -0.25) is 9.59 Å². The lowest BCUT2D eigenvalue weighted by atomic mass is 9.87. The van der Waals surface area contributed by atoms with Gasteiger partial charge in [0, 0.05) is 25.7 Å². The smallest absolute Gasteiger partial charge is 0.336 e. The number of ketones is 2. The van der Waals surface area contributed by atoms with Crippen molar-refractivity contribution in [3.05, 3.63) is 23.8 Å². The van der Waals surface area contributed by atoms with Crippen molar-refractivity contribution in [2.45, 2.75) is 69.9 Å². The number of hydrogen-bond acceptors (Lipinski definition) is 6. The normalized spacial score (nSPS) is 41.2. The van der Waals surface area contributed by atoms with Crippen molar-refractivity contribution in [2.24, 2.45) is 5.92 Å². The molecule has 6 nitrogen and oxygen atoms in total. The molecule has 3 aliphatic rings. The molecule has 6 heteroatoms.